The smallest absolute Gasteiger partial charge is 0.263 e. The van der Waals surface area contributed by atoms with Gasteiger partial charge in [-0.2, -0.15) is 5.26 Å². The van der Waals surface area contributed by atoms with Crippen LogP contribution in [0.5, 0.6) is 0 Å². The summed E-state index contributed by atoms with van der Waals surface area (Å²) in [6.07, 6.45) is 2.38. The molecule has 0 aromatic rings. The minimum atomic E-state index is -0.314. The Bertz CT molecular complexity index is 356. The highest BCUT2D eigenvalue weighted by Crippen LogP contribution is 2.04. The molecule has 1 heterocycles. The van der Waals surface area contributed by atoms with Gasteiger partial charge >= 0.3 is 0 Å². The van der Waals surface area contributed by atoms with Gasteiger partial charge in [-0.15, -0.1) is 11.6 Å². The lowest BCUT2D eigenvalue weighted by Crippen LogP contribution is -2.44. The largest absolute Gasteiger partial charge is 0.374 e. The lowest BCUT2D eigenvalue weighted by molar-refractivity contribution is -0.117. The van der Waals surface area contributed by atoms with Crippen molar-refractivity contribution in [2.45, 2.75) is 13.3 Å². The van der Waals surface area contributed by atoms with E-state index in [0.717, 1.165) is 32.7 Å². The molecule has 1 rings (SSSR count). The van der Waals surface area contributed by atoms with Crippen LogP contribution in [0.2, 0.25) is 0 Å². The highest BCUT2D eigenvalue weighted by Gasteiger charge is 2.15. The third-order valence-corrected chi connectivity index (χ3v) is 3.39. The quantitative estimate of drug-likeness (QED) is 0.339. The molecular formula is C13H21ClN4O. The number of rotatable bonds is 6. The first-order valence-electron chi connectivity index (χ1n) is 6.63. The summed E-state index contributed by atoms with van der Waals surface area (Å²) in [5, 5.41) is 11.7. The highest BCUT2D eigenvalue weighted by molar-refractivity contribution is 6.17. The summed E-state index contributed by atoms with van der Waals surface area (Å²) in [6, 6.07) is 1.96. The van der Waals surface area contributed by atoms with Gasteiger partial charge in [0.1, 0.15) is 11.6 Å². The number of nitriles is 1. The zero-order valence-corrected chi connectivity index (χ0v) is 12.1. The Morgan fingerprint density at radius 2 is 2.11 bits per heavy atom. The summed E-state index contributed by atoms with van der Waals surface area (Å²) in [5.74, 6) is 0.191. The number of nitrogens with one attached hydrogen (secondary N) is 1. The van der Waals surface area contributed by atoms with E-state index in [0.29, 0.717) is 18.8 Å². The molecule has 0 bridgehead atoms. The number of hydrogen-bond donors (Lipinski definition) is 1. The molecule has 1 fully saturated rings. The molecule has 0 radical (unpaired) electrons. The number of likely N-dealkylation sites (N-methyl/N-ethyl adjacent to an activating group) is 1. The molecule has 19 heavy (non-hydrogen) atoms. The highest BCUT2D eigenvalue weighted by atomic mass is 35.5. The Kier molecular flexibility index (Phi) is 7.31. The molecule has 6 heteroatoms. The molecule has 1 aliphatic rings. The Labute approximate surface area is 119 Å². The van der Waals surface area contributed by atoms with Gasteiger partial charge in [0.25, 0.3) is 5.91 Å². The number of carbonyl (C=O) groups is 1. The zero-order chi connectivity index (χ0) is 14.1. The number of amides is 1. The van der Waals surface area contributed by atoms with Crippen molar-refractivity contribution in [3.05, 3.63) is 11.8 Å². The average Bonchev–Trinajstić information content (AvgIpc) is 2.45. The van der Waals surface area contributed by atoms with Gasteiger partial charge in [-0.05, 0) is 13.0 Å². The monoisotopic (exact) mass is 284 g/mol. The predicted molar refractivity (Wildman–Crippen MR) is 75.7 cm³/mol. The van der Waals surface area contributed by atoms with Gasteiger partial charge in [-0.3, -0.25) is 4.79 Å². The van der Waals surface area contributed by atoms with Gasteiger partial charge in [-0.1, -0.05) is 6.92 Å². The van der Waals surface area contributed by atoms with E-state index < -0.39 is 0 Å². The van der Waals surface area contributed by atoms with Crippen LogP contribution in [0.25, 0.3) is 0 Å². The number of alkyl halides is 1. The lowest BCUT2D eigenvalue weighted by Gasteiger charge is -2.33. The maximum Gasteiger partial charge on any atom is 0.263 e. The molecule has 0 atom stereocenters. The van der Waals surface area contributed by atoms with Crippen LogP contribution in [0.3, 0.4) is 0 Å². The van der Waals surface area contributed by atoms with E-state index >= 15 is 0 Å². The molecule has 1 amide bonds. The molecule has 106 valence electrons. The van der Waals surface area contributed by atoms with Crippen LogP contribution < -0.4 is 5.32 Å². The number of nitrogens with zero attached hydrogens (tertiary/aromatic N) is 3. The van der Waals surface area contributed by atoms with Crippen LogP contribution in [0.15, 0.2) is 11.8 Å². The number of hydrogen-bond acceptors (Lipinski definition) is 4. The Morgan fingerprint density at radius 3 is 2.63 bits per heavy atom. The molecule has 0 aromatic carbocycles. The maximum atomic E-state index is 11.8. The second kappa shape index (κ2) is 8.78. The van der Waals surface area contributed by atoms with Crippen LogP contribution in [-0.4, -0.2) is 60.9 Å². The lowest BCUT2D eigenvalue weighted by atomic mass is 10.2. The second-order valence-corrected chi connectivity index (χ2v) is 4.80. The van der Waals surface area contributed by atoms with Crippen LogP contribution in [-0.2, 0) is 4.79 Å². The number of piperazine rings is 1. The van der Waals surface area contributed by atoms with E-state index in [1.807, 2.05) is 11.0 Å². The van der Waals surface area contributed by atoms with Crippen molar-refractivity contribution in [2.24, 2.45) is 0 Å². The normalized spacial score (nSPS) is 17.1. The summed E-state index contributed by atoms with van der Waals surface area (Å²) in [4.78, 5) is 16.1. The van der Waals surface area contributed by atoms with Crippen LogP contribution in [0.4, 0.5) is 0 Å². The molecule has 0 unspecified atom stereocenters. The fraction of sp³-hybridized carbons (Fsp3) is 0.692. The van der Waals surface area contributed by atoms with Crippen molar-refractivity contribution < 1.29 is 4.79 Å². The summed E-state index contributed by atoms with van der Waals surface area (Å²) >= 11 is 5.54. The Morgan fingerprint density at radius 1 is 1.42 bits per heavy atom. The van der Waals surface area contributed by atoms with Gasteiger partial charge in [0.2, 0.25) is 0 Å². The minimum Gasteiger partial charge on any atom is -0.374 e. The van der Waals surface area contributed by atoms with Crippen molar-refractivity contribution in [1.29, 1.82) is 5.26 Å². The molecule has 1 aliphatic heterocycles. The number of carbonyl (C=O) groups excluding carboxylic acids is 1. The molecular weight excluding hydrogens is 264 g/mol. The topological polar surface area (TPSA) is 59.4 Å². The molecule has 1 N–H and O–H groups in total. The maximum absolute atomic E-state index is 11.8. The Balaban J connectivity index is 2.48. The SMILES string of the molecule is CCN1CCN(/C=C(/C#N)C(=O)NCCCCl)CC1. The fourth-order valence-corrected chi connectivity index (χ4v) is 2.03. The van der Waals surface area contributed by atoms with Gasteiger partial charge in [-0.25, -0.2) is 0 Å². The van der Waals surface area contributed by atoms with E-state index in [-0.39, 0.29) is 11.5 Å². The van der Waals surface area contributed by atoms with Crippen molar-refractivity contribution in [1.82, 2.24) is 15.1 Å². The number of halogens is 1. The second-order valence-electron chi connectivity index (χ2n) is 4.42. The first-order chi connectivity index (χ1) is 9.21. The molecule has 1 saturated heterocycles. The van der Waals surface area contributed by atoms with Crippen LogP contribution in [0, 0.1) is 11.3 Å². The fourth-order valence-electron chi connectivity index (χ4n) is 1.89. The van der Waals surface area contributed by atoms with Gasteiger partial charge in [0.05, 0.1) is 0 Å². The van der Waals surface area contributed by atoms with Crippen molar-refractivity contribution >= 4 is 17.5 Å². The van der Waals surface area contributed by atoms with Gasteiger partial charge in [0.15, 0.2) is 0 Å². The van der Waals surface area contributed by atoms with Gasteiger partial charge < -0.3 is 15.1 Å². The third kappa shape index (κ3) is 5.50. The average molecular weight is 285 g/mol. The first-order valence-corrected chi connectivity index (χ1v) is 7.17. The van der Waals surface area contributed by atoms with Gasteiger partial charge in [0, 0.05) is 44.8 Å². The van der Waals surface area contributed by atoms with Crippen LogP contribution in [0.1, 0.15) is 13.3 Å². The standard InChI is InChI=1S/C13H21ClN4O/c1-2-17-6-8-18(9-7-17)11-12(10-15)13(19)16-5-3-4-14/h11H,2-9H2,1H3,(H,16,19)/b12-11-. The third-order valence-electron chi connectivity index (χ3n) is 3.13. The molecule has 0 saturated carbocycles. The van der Waals surface area contributed by atoms with E-state index in [2.05, 4.69) is 17.1 Å². The Hall–Kier alpha value is -1.25. The van der Waals surface area contributed by atoms with Crippen molar-refractivity contribution in [3.8, 4) is 6.07 Å². The summed E-state index contributed by atoms with van der Waals surface area (Å²) in [5.41, 5.74) is 0.166. The van der Waals surface area contributed by atoms with Crippen molar-refractivity contribution in [2.75, 3.05) is 45.1 Å². The first kappa shape index (κ1) is 15.8. The summed E-state index contributed by atoms with van der Waals surface area (Å²) in [7, 11) is 0. The molecule has 5 nitrogen and oxygen atoms in total. The van der Waals surface area contributed by atoms with E-state index in [1.54, 1.807) is 6.20 Å². The summed E-state index contributed by atoms with van der Waals surface area (Å²) < 4.78 is 0. The zero-order valence-electron chi connectivity index (χ0n) is 11.4. The van der Waals surface area contributed by atoms with E-state index in [9.17, 15) is 4.79 Å². The van der Waals surface area contributed by atoms with E-state index in [4.69, 9.17) is 16.9 Å². The molecule has 0 spiro atoms. The minimum absolute atomic E-state index is 0.166. The molecule has 0 aromatic heterocycles. The van der Waals surface area contributed by atoms with Crippen LogP contribution >= 0.6 is 11.6 Å². The van der Waals surface area contributed by atoms with Crippen molar-refractivity contribution in [3.63, 3.8) is 0 Å². The van der Waals surface area contributed by atoms with E-state index in [1.165, 1.54) is 0 Å². The predicted octanol–water partition coefficient (Wildman–Crippen LogP) is 0.776. The summed E-state index contributed by atoms with van der Waals surface area (Å²) in [6.45, 7) is 7.34. The molecule has 0 aliphatic carbocycles.